The molecule has 1 saturated heterocycles. The maximum Gasteiger partial charge on any atom is 0.168 e. The SMILES string of the molecule is Cc1ccc(OC[C@H]2O[C@H](O)[C@@H](SCc3ccccc3)[C@H]2SCc2ccccc2)cc1. The highest BCUT2D eigenvalue weighted by Gasteiger charge is 2.44. The van der Waals surface area contributed by atoms with Crippen molar-refractivity contribution < 1.29 is 14.6 Å². The number of aliphatic hydroxyl groups is 1. The Balaban J connectivity index is 1.43. The number of hydrogen-bond acceptors (Lipinski definition) is 5. The average molecular weight is 453 g/mol. The Morgan fingerprint density at radius 2 is 1.32 bits per heavy atom. The standard InChI is InChI=1S/C26H28O3S2/c1-19-12-14-22(15-13-19)28-16-23-24(30-17-20-8-4-2-5-9-20)25(26(27)29-23)31-18-21-10-6-3-7-11-21/h2-15,23-27H,16-18H2,1H3/t23-,24+,25+,26+/m1/s1. The highest BCUT2D eigenvalue weighted by molar-refractivity contribution is 8.03. The van der Waals surface area contributed by atoms with Crippen molar-refractivity contribution in [2.45, 2.75) is 41.3 Å². The first-order valence-electron chi connectivity index (χ1n) is 10.5. The lowest BCUT2D eigenvalue weighted by Crippen LogP contribution is -2.31. The molecule has 1 aliphatic rings. The van der Waals surface area contributed by atoms with E-state index in [2.05, 4.69) is 55.5 Å². The molecule has 1 aliphatic heterocycles. The Labute approximate surface area is 193 Å². The Morgan fingerprint density at radius 1 is 0.774 bits per heavy atom. The average Bonchev–Trinajstić information content (AvgIpc) is 3.11. The van der Waals surface area contributed by atoms with Gasteiger partial charge in [-0.1, -0.05) is 78.4 Å². The third-order valence-corrected chi connectivity index (χ3v) is 8.36. The fourth-order valence-corrected chi connectivity index (χ4v) is 6.47. The van der Waals surface area contributed by atoms with Crippen LogP contribution in [0.4, 0.5) is 0 Å². The molecule has 1 fully saturated rings. The zero-order valence-electron chi connectivity index (χ0n) is 17.6. The van der Waals surface area contributed by atoms with Crippen LogP contribution in [0.2, 0.25) is 0 Å². The van der Waals surface area contributed by atoms with Crippen LogP contribution < -0.4 is 4.74 Å². The molecular weight excluding hydrogens is 424 g/mol. The number of aryl methyl sites for hydroxylation is 1. The van der Waals surface area contributed by atoms with Gasteiger partial charge in [0.2, 0.25) is 0 Å². The van der Waals surface area contributed by atoms with Crippen molar-refractivity contribution >= 4 is 23.5 Å². The van der Waals surface area contributed by atoms with Gasteiger partial charge in [0.1, 0.15) is 18.5 Å². The largest absolute Gasteiger partial charge is 0.491 e. The zero-order valence-corrected chi connectivity index (χ0v) is 19.2. The van der Waals surface area contributed by atoms with Gasteiger partial charge in [0.05, 0.1) is 10.5 Å². The van der Waals surface area contributed by atoms with Gasteiger partial charge in [-0.25, -0.2) is 0 Å². The second kappa shape index (κ2) is 11.1. The summed E-state index contributed by atoms with van der Waals surface area (Å²) in [6, 6.07) is 28.9. The number of aliphatic hydroxyl groups excluding tert-OH is 1. The third kappa shape index (κ3) is 6.30. The third-order valence-electron chi connectivity index (χ3n) is 5.29. The molecular formula is C26H28O3S2. The first-order valence-corrected chi connectivity index (χ1v) is 12.6. The van der Waals surface area contributed by atoms with Crippen molar-refractivity contribution in [1.29, 1.82) is 0 Å². The predicted octanol–water partition coefficient (Wildman–Crippen LogP) is 5.70. The van der Waals surface area contributed by atoms with E-state index in [-0.39, 0.29) is 16.6 Å². The summed E-state index contributed by atoms with van der Waals surface area (Å²) in [4.78, 5) is 0. The zero-order chi connectivity index (χ0) is 21.5. The summed E-state index contributed by atoms with van der Waals surface area (Å²) in [6.45, 7) is 2.49. The van der Waals surface area contributed by atoms with E-state index in [0.29, 0.717) is 6.61 Å². The Bertz CT molecular complexity index is 918. The molecule has 1 heterocycles. The number of benzene rings is 3. The normalized spacial score (nSPS) is 23.0. The van der Waals surface area contributed by atoms with Crippen molar-refractivity contribution in [2.75, 3.05) is 6.61 Å². The van der Waals surface area contributed by atoms with Gasteiger partial charge in [0.15, 0.2) is 6.29 Å². The van der Waals surface area contributed by atoms with Crippen molar-refractivity contribution in [1.82, 2.24) is 0 Å². The molecule has 0 aromatic heterocycles. The van der Waals surface area contributed by atoms with Gasteiger partial charge in [-0.2, -0.15) is 0 Å². The van der Waals surface area contributed by atoms with Crippen LogP contribution in [0.5, 0.6) is 5.75 Å². The minimum absolute atomic E-state index is 0.0134. The Morgan fingerprint density at radius 3 is 1.90 bits per heavy atom. The molecule has 0 radical (unpaired) electrons. The molecule has 3 aromatic carbocycles. The van der Waals surface area contributed by atoms with Crippen LogP contribution in [0, 0.1) is 6.92 Å². The van der Waals surface area contributed by atoms with Gasteiger partial charge < -0.3 is 14.6 Å². The molecule has 0 amide bonds. The molecule has 1 N–H and O–H groups in total. The summed E-state index contributed by atoms with van der Waals surface area (Å²) < 4.78 is 12.0. The van der Waals surface area contributed by atoms with Gasteiger partial charge in [-0.3, -0.25) is 0 Å². The Hall–Kier alpha value is -1.92. The van der Waals surface area contributed by atoms with Crippen LogP contribution in [0.3, 0.4) is 0 Å². The first kappa shape index (κ1) is 22.3. The number of hydrogen-bond donors (Lipinski definition) is 1. The number of rotatable bonds is 9. The second-order valence-electron chi connectivity index (χ2n) is 7.71. The van der Waals surface area contributed by atoms with Gasteiger partial charge in [-0.15, -0.1) is 23.5 Å². The van der Waals surface area contributed by atoms with Crippen LogP contribution in [-0.2, 0) is 16.2 Å². The van der Waals surface area contributed by atoms with Crippen molar-refractivity contribution in [3.8, 4) is 5.75 Å². The molecule has 0 unspecified atom stereocenters. The van der Waals surface area contributed by atoms with Gasteiger partial charge in [-0.05, 0) is 30.2 Å². The van der Waals surface area contributed by atoms with Gasteiger partial charge in [0.25, 0.3) is 0 Å². The summed E-state index contributed by atoms with van der Waals surface area (Å²) >= 11 is 3.61. The lowest BCUT2D eigenvalue weighted by molar-refractivity contribution is -0.0962. The van der Waals surface area contributed by atoms with Crippen molar-refractivity contribution in [2.24, 2.45) is 0 Å². The van der Waals surface area contributed by atoms with Crippen LogP contribution in [0.1, 0.15) is 16.7 Å². The highest BCUT2D eigenvalue weighted by Crippen LogP contribution is 2.40. The maximum absolute atomic E-state index is 10.7. The Kier molecular flexibility index (Phi) is 7.97. The number of thioether (sulfide) groups is 2. The second-order valence-corrected chi connectivity index (χ2v) is 10.0. The molecule has 0 saturated carbocycles. The van der Waals surface area contributed by atoms with E-state index in [1.165, 1.54) is 16.7 Å². The van der Waals surface area contributed by atoms with Crippen LogP contribution in [0.25, 0.3) is 0 Å². The van der Waals surface area contributed by atoms with E-state index in [1.807, 2.05) is 48.2 Å². The maximum atomic E-state index is 10.7. The van der Waals surface area contributed by atoms with E-state index in [0.717, 1.165) is 17.3 Å². The highest BCUT2D eigenvalue weighted by atomic mass is 32.2. The van der Waals surface area contributed by atoms with Crippen molar-refractivity contribution in [3.05, 3.63) is 102 Å². The molecule has 3 aromatic rings. The molecule has 5 heteroatoms. The van der Waals surface area contributed by atoms with Crippen LogP contribution in [-0.4, -0.2) is 34.6 Å². The summed E-state index contributed by atoms with van der Waals surface area (Å²) in [5, 5.41) is 10.8. The summed E-state index contributed by atoms with van der Waals surface area (Å²) in [6.07, 6.45) is -0.966. The fraction of sp³-hybridized carbons (Fsp3) is 0.308. The van der Waals surface area contributed by atoms with Crippen molar-refractivity contribution in [3.63, 3.8) is 0 Å². The molecule has 0 bridgehead atoms. The minimum atomic E-state index is -0.798. The van der Waals surface area contributed by atoms with E-state index >= 15 is 0 Å². The molecule has 0 spiro atoms. The fourth-order valence-electron chi connectivity index (χ4n) is 3.57. The van der Waals surface area contributed by atoms with E-state index in [9.17, 15) is 5.11 Å². The quantitative estimate of drug-likeness (QED) is 0.451. The van der Waals surface area contributed by atoms with E-state index < -0.39 is 6.29 Å². The van der Waals surface area contributed by atoms with Crippen LogP contribution in [0.15, 0.2) is 84.9 Å². The minimum Gasteiger partial charge on any atom is -0.491 e. The molecule has 31 heavy (non-hydrogen) atoms. The molecule has 4 atom stereocenters. The summed E-state index contributed by atoms with van der Waals surface area (Å²) in [7, 11) is 0. The molecule has 4 rings (SSSR count). The molecule has 3 nitrogen and oxygen atoms in total. The monoisotopic (exact) mass is 452 g/mol. The number of ether oxygens (including phenoxy) is 2. The first-order chi connectivity index (χ1) is 15.2. The van der Waals surface area contributed by atoms with Gasteiger partial charge >= 0.3 is 0 Å². The topological polar surface area (TPSA) is 38.7 Å². The van der Waals surface area contributed by atoms with Crippen LogP contribution >= 0.6 is 23.5 Å². The van der Waals surface area contributed by atoms with E-state index in [4.69, 9.17) is 9.47 Å². The molecule has 162 valence electrons. The van der Waals surface area contributed by atoms with E-state index in [1.54, 1.807) is 11.8 Å². The summed E-state index contributed by atoms with van der Waals surface area (Å²) in [5.41, 5.74) is 3.73. The summed E-state index contributed by atoms with van der Waals surface area (Å²) in [5.74, 6) is 2.56. The smallest absolute Gasteiger partial charge is 0.168 e. The van der Waals surface area contributed by atoms with Gasteiger partial charge in [0, 0.05) is 11.5 Å². The molecule has 0 aliphatic carbocycles. The lowest BCUT2D eigenvalue weighted by Gasteiger charge is -2.23. The predicted molar refractivity (Wildman–Crippen MR) is 131 cm³/mol. The lowest BCUT2D eigenvalue weighted by atomic mass is 10.2.